The van der Waals surface area contributed by atoms with E-state index in [1.54, 1.807) is 12.1 Å². The number of carbonyl (C=O) groups excluding carboxylic acids is 1. The van der Waals surface area contributed by atoms with E-state index in [1.165, 1.54) is 12.1 Å². The van der Waals surface area contributed by atoms with Crippen molar-refractivity contribution in [2.45, 2.75) is 13.0 Å². The minimum atomic E-state index is -0.639. The molecule has 1 aromatic heterocycles. The third kappa shape index (κ3) is 2.82. The number of hydrogen-bond donors (Lipinski definition) is 3. The predicted molar refractivity (Wildman–Crippen MR) is 73.5 cm³/mol. The molecule has 2 rings (SSSR count). The number of halogens is 1. The molecule has 1 amide bonds. The van der Waals surface area contributed by atoms with Crippen molar-refractivity contribution in [3.8, 4) is 0 Å². The summed E-state index contributed by atoms with van der Waals surface area (Å²) in [7, 11) is 0. The number of primary amides is 1. The molecule has 0 saturated carbocycles. The van der Waals surface area contributed by atoms with Crippen LogP contribution in [0.15, 0.2) is 24.3 Å². The minimum Gasteiger partial charge on any atom is -0.382 e. The Balaban J connectivity index is 2.24. The van der Waals surface area contributed by atoms with Gasteiger partial charge in [-0.2, -0.15) is 4.37 Å². The minimum absolute atomic E-state index is 0.103. The lowest BCUT2D eigenvalue weighted by Crippen LogP contribution is -2.16. The molecule has 5 nitrogen and oxygen atoms in total. The average molecular weight is 280 g/mol. The van der Waals surface area contributed by atoms with Crippen LogP contribution in [0.3, 0.4) is 0 Å². The second-order valence-corrected chi connectivity index (χ2v) is 4.83. The monoisotopic (exact) mass is 280 g/mol. The van der Waals surface area contributed by atoms with E-state index in [4.69, 9.17) is 11.5 Å². The number of amides is 1. The number of hydrogen-bond acceptors (Lipinski definition) is 5. The van der Waals surface area contributed by atoms with Crippen LogP contribution in [0.1, 0.15) is 28.9 Å². The van der Waals surface area contributed by atoms with E-state index in [9.17, 15) is 9.18 Å². The molecule has 0 radical (unpaired) electrons. The van der Waals surface area contributed by atoms with Gasteiger partial charge in [-0.05, 0) is 36.2 Å². The van der Waals surface area contributed by atoms with Crippen molar-refractivity contribution in [2.75, 3.05) is 11.1 Å². The maximum Gasteiger partial charge on any atom is 0.255 e. The average Bonchev–Trinajstić information content (AvgIpc) is 2.70. The van der Waals surface area contributed by atoms with Gasteiger partial charge in [0.1, 0.15) is 16.4 Å². The zero-order chi connectivity index (χ0) is 14.0. The molecule has 1 atom stereocenters. The van der Waals surface area contributed by atoms with Crippen LogP contribution in [0.25, 0.3) is 0 Å². The van der Waals surface area contributed by atoms with Crippen molar-refractivity contribution < 1.29 is 9.18 Å². The van der Waals surface area contributed by atoms with Gasteiger partial charge in [0.2, 0.25) is 0 Å². The lowest BCUT2D eigenvalue weighted by atomic mass is 10.1. The fraction of sp³-hybridized carbons (Fsp3) is 0.167. The third-order valence-electron chi connectivity index (χ3n) is 2.66. The van der Waals surface area contributed by atoms with E-state index in [-0.39, 0.29) is 23.2 Å². The summed E-state index contributed by atoms with van der Waals surface area (Å²) in [6.45, 7) is 1.84. The first-order chi connectivity index (χ1) is 8.99. The standard InChI is InChI=1S/C12H13FN4OS/c1-6(7-3-2-4-8(13)5-7)16-12-9(11(15)18)10(14)17-19-12/h2-6,16H,1H3,(H2,14,17)(H2,15,18). The Hall–Kier alpha value is -2.15. The Morgan fingerprint density at radius 2 is 2.26 bits per heavy atom. The Bertz CT molecular complexity index is 614. The zero-order valence-corrected chi connectivity index (χ0v) is 11.0. The van der Waals surface area contributed by atoms with Crippen LogP contribution in [0.4, 0.5) is 15.2 Å². The van der Waals surface area contributed by atoms with Gasteiger partial charge in [0.25, 0.3) is 5.91 Å². The molecule has 5 N–H and O–H groups in total. The Morgan fingerprint density at radius 1 is 1.53 bits per heavy atom. The quantitative estimate of drug-likeness (QED) is 0.799. The molecule has 0 saturated heterocycles. The smallest absolute Gasteiger partial charge is 0.255 e. The van der Waals surface area contributed by atoms with Crippen molar-refractivity contribution in [1.82, 2.24) is 4.37 Å². The van der Waals surface area contributed by atoms with Crippen LogP contribution in [0.2, 0.25) is 0 Å². The first-order valence-corrected chi connectivity index (χ1v) is 6.33. The summed E-state index contributed by atoms with van der Waals surface area (Å²) in [6, 6.07) is 6.00. The summed E-state index contributed by atoms with van der Waals surface area (Å²) >= 11 is 1.05. The summed E-state index contributed by atoms with van der Waals surface area (Å²) < 4.78 is 17.0. The highest BCUT2D eigenvalue weighted by Gasteiger charge is 2.18. The number of anilines is 2. The molecule has 0 aliphatic carbocycles. The summed E-state index contributed by atoms with van der Waals surface area (Å²) in [5.74, 6) is -0.850. The molecule has 19 heavy (non-hydrogen) atoms. The summed E-state index contributed by atoms with van der Waals surface area (Å²) in [5.41, 5.74) is 11.8. The van der Waals surface area contributed by atoms with Gasteiger partial charge in [0.05, 0.1) is 0 Å². The van der Waals surface area contributed by atoms with Gasteiger partial charge in [-0.3, -0.25) is 4.79 Å². The molecule has 100 valence electrons. The number of nitrogen functional groups attached to an aromatic ring is 1. The Labute approximate surface area is 113 Å². The summed E-state index contributed by atoms with van der Waals surface area (Å²) in [6.07, 6.45) is 0. The molecule has 0 fully saturated rings. The summed E-state index contributed by atoms with van der Waals surface area (Å²) in [5, 5.41) is 3.55. The van der Waals surface area contributed by atoms with Crippen LogP contribution >= 0.6 is 11.5 Å². The van der Waals surface area contributed by atoms with E-state index >= 15 is 0 Å². The molecular formula is C12H13FN4OS. The fourth-order valence-electron chi connectivity index (χ4n) is 1.69. The first-order valence-electron chi connectivity index (χ1n) is 5.56. The van der Waals surface area contributed by atoms with Crippen LogP contribution in [-0.2, 0) is 0 Å². The third-order valence-corrected chi connectivity index (χ3v) is 3.45. The number of nitrogens with zero attached hydrogens (tertiary/aromatic N) is 1. The largest absolute Gasteiger partial charge is 0.382 e. The van der Waals surface area contributed by atoms with Crippen molar-refractivity contribution in [3.63, 3.8) is 0 Å². The molecule has 0 aliphatic rings. The fourth-order valence-corrected chi connectivity index (χ4v) is 2.50. The summed E-state index contributed by atoms with van der Waals surface area (Å²) in [4.78, 5) is 11.3. The molecule has 2 aromatic rings. The second kappa shape index (κ2) is 5.23. The second-order valence-electron chi connectivity index (χ2n) is 4.06. The van der Waals surface area contributed by atoms with E-state index in [0.717, 1.165) is 17.1 Å². The molecule has 1 aromatic carbocycles. The molecule has 0 aliphatic heterocycles. The number of aromatic nitrogens is 1. The molecular weight excluding hydrogens is 267 g/mol. The van der Waals surface area contributed by atoms with Gasteiger partial charge >= 0.3 is 0 Å². The van der Waals surface area contributed by atoms with Gasteiger partial charge in [0, 0.05) is 6.04 Å². The lowest BCUT2D eigenvalue weighted by molar-refractivity contribution is 0.100. The number of carbonyl (C=O) groups is 1. The van der Waals surface area contributed by atoms with Crippen molar-refractivity contribution in [3.05, 3.63) is 41.2 Å². The molecule has 0 bridgehead atoms. The number of nitrogens with one attached hydrogen (secondary N) is 1. The van der Waals surface area contributed by atoms with E-state index in [0.29, 0.717) is 5.00 Å². The highest BCUT2D eigenvalue weighted by Crippen LogP contribution is 2.29. The van der Waals surface area contributed by atoms with Gasteiger partial charge in [-0.1, -0.05) is 12.1 Å². The normalized spacial score (nSPS) is 12.1. The van der Waals surface area contributed by atoms with Gasteiger partial charge < -0.3 is 16.8 Å². The van der Waals surface area contributed by atoms with Crippen molar-refractivity contribution in [2.24, 2.45) is 5.73 Å². The Morgan fingerprint density at radius 3 is 2.89 bits per heavy atom. The van der Waals surface area contributed by atoms with Crippen LogP contribution in [0, 0.1) is 5.82 Å². The highest BCUT2D eigenvalue weighted by atomic mass is 32.1. The molecule has 7 heteroatoms. The van der Waals surface area contributed by atoms with Crippen LogP contribution in [-0.4, -0.2) is 10.3 Å². The first kappa shape index (κ1) is 13.3. The van der Waals surface area contributed by atoms with Crippen molar-refractivity contribution >= 4 is 28.3 Å². The van der Waals surface area contributed by atoms with E-state index in [2.05, 4.69) is 9.69 Å². The van der Waals surface area contributed by atoms with Crippen LogP contribution < -0.4 is 16.8 Å². The maximum atomic E-state index is 13.1. The Kier molecular flexibility index (Phi) is 3.66. The van der Waals surface area contributed by atoms with Gasteiger partial charge in [0.15, 0.2) is 5.82 Å². The molecule has 0 spiro atoms. The highest BCUT2D eigenvalue weighted by molar-refractivity contribution is 7.11. The van der Waals surface area contributed by atoms with Gasteiger partial charge in [-0.15, -0.1) is 0 Å². The lowest BCUT2D eigenvalue weighted by Gasteiger charge is -2.14. The van der Waals surface area contributed by atoms with E-state index < -0.39 is 5.91 Å². The SMILES string of the molecule is CC(Nc1snc(N)c1C(N)=O)c1cccc(F)c1. The van der Waals surface area contributed by atoms with Gasteiger partial charge in [-0.25, -0.2) is 4.39 Å². The number of benzene rings is 1. The van der Waals surface area contributed by atoms with E-state index in [1.807, 2.05) is 6.92 Å². The predicted octanol–water partition coefficient (Wildman–Crippen LogP) is 2.14. The number of rotatable bonds is 4. The topological polar surface area (TPSA) is 94.0 Å². The zero-order valence-electron chi connectivity index (χ0n) is 10.2. The maximum absolute atomic E-state index is 13.1. The van der Waals surface area contributed by atoms with Crippen LogP contribution in [0.5, 0.6) is 0 Å². The van der Waals surface area contributed by atoms with Crippen molar-refractivity contribution in [1.29, 1.82) is 0 Å². The molecule has 1 unspecified atom stereocenters. The number of nitrogens with two attached hydrogens (primary N) is 2. The molecule has 1 heterocycles.